The number of alkyl halides is 1. The van der Waals surface area contributed by atoms with Gasteiger partial charge in [0, 0.05) is 16.4 Å². The van der Waals surface area contributed by atoms with Gasteiger partial charge in [-0.05, 0) is 17.5 Å². The van der Waals surface area contributed by atoms with Crippen molar-refractivity contribution in [3.8, 4) is 5.75 Å². The van der Waals surface area contributed by atoms with E-state index in [0.717, 1.165) is 15.6 Å². The normalized spacial score (nSPS) is 19.8. The second kappa shape index (κ2) is 4.52. The van der Waals surface area contributed by atoms with Crippen molar-refractivity contribution in [3.63, 3.8) is 0 Å². The highest BCUT2D eigenvalue weighted by Crippen LogP contribution is 2.47. The molecule has 3 rings (SSSR count). The van der Waals surface area contributed by atoms with Crippen LogP contribution in [-0.2, 0) is 0 Å². The Balaban J connectivity index is 1.95. The van der Waals surface area contributed by atoms with Crippen LogP contribution in [0.15, 0.2) is 35.7 Å². The zero-order valence-electron chi connectivity index (χ0n) is 8.90. The number of fused-ring (bicyclic) bond motifs is 1. The summed E-state index contributed by atoms with van der Waals surface area (Å²) < 4.78 is 5.65. The molecule has 88 valence electrons. The lowest BCUT2D eigenvalue weighted by Crippen LogP contribution is -2.07. The minimum Gasteiger partial charge on any atom is -0.493 e. The maximum atomic E-state index is 6.53. The van der Waals surface area contributed by atoms with Gasteiger partial charge in [0.05, 0.1) is 17.0 Å². The Kier molecular flexibility index (Phi) is 3.03. The number of rotatable bonds is 2. The minimum absolute atomic E-state index is 0.119. The molecule has 0 radical (unpaired) electrons. The Bertz CT molecular complexity index is 538. The van der Waals surface area contributed by atoms with Gasteiger partial charge in [-0.25, -0.2) is 0 Å². The predicted octanol–water partition coefficient (Wildman–Crippen LogP) is 4.86. The van der Waals surface area contributed by atoms with Crippen LogP contribution in [0.4, 0.5) is 0 Å². The Morgan fingerprint density at radius 2 is 2.12 bits per heavy atom. The average molecular weight is 285 g/mol. The molecule has 0 aliphatic carbocycles. The van der Waals surface area contributed by atoms with Crippen molar-refractivity contribution in [2.45, 2.75) is 11.3 Å². The lowest BCUT2D eigenvalue weighted by Gasteiger charge is -2.15. The van der Waals surface area contributed by atoms with E-state index in [4.69, 9.17) is 27.9 Å². The molecule has 0 saturated heterocycles. The molecule has 2 unspecified atom stereocenters. The first-order chi connectivity index (χ1) is 8.27. The molecule has 1 nitrogen and oxygen atoms in total. The van der Waals surface area contributed by atoms with E-state index >= 15 is 0 Å². The smallest absolute Gasteiger partial charge is 0.122 e. The molecule has 0 N–H and O–H groups in total. The summed E-state index contributed by atoms with van der Waals surface area (Å²) in [5.74, 6) is 1.12. The maximum absolute atomic E-state index is 6.53. The molecule has 0 bridgehead atoms. The summed E-state index contributed by atoms with van der Waals surface area (Å²) >= 11 is 14.3. The van der Waals surface area contributed by atoms with Crippen LogP contribution in [0, 0.1) is 0 Å². The zero-order chi connectivity index (χ0) is 11.8. The van der Waals surface area contributed by atoms with Gasteiger partial charge >= 0.3 is 0 Å². The van der Waals surface area contributed by atoms with E-state index < -0.39 is 0 Å². The Morgan fingerprint density at radius 3 is 2.88 bits per heavy atom. The fraction of sp³-hybridized carbons (Fsp3) is 0.231. The van der Waals surface area contributed by atoms with Crippen LogP contribution in [-0.4, -0.2) is 6.61 Å². The van der Waals surface area contributed by atoms with Crippen molar-refractivity contribution in [2.75, 3.05) is 6.61 Å². The monoisotopic (exact) mass is 284 g/mol. The average Bonchev–Trinajstić information content (AvgIpc) is 2.94. The molecule has 0 saturated carbocycles. The molecule has 4 heteroatoms. The fourth-order valence-electron chi connectivity index (χ4n) is 2.11. The summed E-state index contributed by atoms with van der Waals surface area (Å²) in [5.41, 5.74) is 1.18. The molecule has 1 aliphatic heterocycles. The Hall–Kier alpha value is -0.700. The van der Waals surface area contributed by atoms with Crippen LogP contribution in [0.5, 0.6) is 5.75 Å². The van der Waals surface area contributed by atoms with Gasteiger partial charge in [0.15, 0.2) is 0 Å². The quantitative estimate of drug-likeness (QED) is 0.716. The van der Waals surface area contributed by atoms with Crippen LogP contribution >= 0.6 is 34.5 Å². The van der Waals surface area contributed by atoms with Crippen LogP contribution in [0.2, 0.25) is 5.02 Å². The molecule has 1 aromatic carbocycles. The SMILES string of the molecule is Clc1ccsc1C(Cl)C1COc2ccccc21. The van der Waals surface area contributed by atoms with Gasteiger partial charge in [-0.3, -0.25) is 0 Å². The standard InChI is InChI=1S/C13H10Cl2OS/c14-10-5-6-17-13(10)12(15)9-7-16-11-4-2-1-3-8(9)11/h1-6,9,12H,7H2. The van der Waals surface area contributed by atoms with E-state index in [1.165, 1.54) is 5.56 Å². The number of thiophene rings is 1. The molecule has 1 aliphatic rings. The number of halogens is 2. The summed E-state index contributed by atoms with van der Waals surface area (Å²) in [4.78, 5) is 1.03. The van der Waals surface area contributed by atoms with Gasteiger partial charge in [0.1, 0.15) is 5.75 Å². The maximum Gasteiger partial charge on any atom is 0.122 e. The van der Waals surface area contributed by atoms with Gasteiger partial charge in [0.25, 0.3) is 0 Å². The van der Waals surface area contributed by atoms with Gasteiger partial charge in [-0.1, -0.05) is 29.8 Å². The van der Waals surface area contributed by atoms with E-state index in [0.29, 0.717) is 6.61 Å². The minimum atomic E-state index is -0.119. The molecule has 0 amide bonds. The third kappa shape index (κ3) is 1.95. The van der Waals surface area contributed by atoms with Crippen LogP contribution in [0.3, 0.4) is 0 Å². The Labute approximate surface area is 114 Å². The summed E-state index contributed by atoms with van der Waals surface area (Å²) in [6.45, 7) is 0.627. The van der Waals surface area contributed by atoms with Gasteiger partial charge in [-0.2, -0.15) is 0 Å². The summed E-state index contributed by atoms with van der Waals surface area (Å²) in [6, 6.07) is 9.93. The van der Waals surface area contributed by atoms with Crippen LogP contribution < -0.4 is 4.74 Å². The van der Waals surface area contributed by atoms with Gasteiger partial charge in [-0.15, -0.1) is 22.9 Å². The largest absolute Gasteiger partial charge is 0.493 e. The highest BCUT2D eigenvalue weighted by molar-refractivity contribution is 7.11. The first-order valence-electron chi connectivity index (χ1n) is 5.36. The van der Waals surface area contributed by atoms with Crippen molar-refractivity contribution in [1.29, 1.82) is 0 Å². The molecule has 0 spiro atoms. The highest BCUT2D eigenvalue weighted by Gasteiger charge is 2.32. The zero-order valence-corrected chi connectivity index (χ0v) is 11.2. The van der Waals surface area contributed by atoms with Crippen molar-refractivity contribution in [1.82, 2.24) is 0 Å². The van der Waals surface area contributed by atoms with E-state index in [2.05, 4.69) is 6.07 Å². The molecule has 1 aromatic heterocycles. The number of benzene rings is 1. The van der Waals surface area contributed by atoms with Gasteiger partial charge < -0.3 is 4.74 Å². The van der Waals surface area contributed by atoms with Crippen molar-refractivity contribution in [2.24, 2.45) is 0 Å². The van der Waals surface area contributed by atoms with Crippen molar-refractivity contribution < 1.29 is 4.74 Å². The molecular formula is C13H10Cl2OS. The van der Waals surface area contributed by atoms with E-state index in [1.54, 1.807) is 11.3 Å². The number of hydrogen-bond acceptors (Lipinski definition) is 2. The number of hydrogen-bond donors (Lipinski definition) is 0. The topological polar surface area (TPSA) is 9.23 Å². The lowest BCUT2D eigenvalue weighted by molar-refractivity contribution is 0.328. The molecule has 2 atom stereocenters. The second-order valence-electron chi connectivity index (χ2n) is 3.99. The highest BCUT2D eigenvalue weighted by atomic mass is 35.5. The lowest BCUT2D eigenvalue weighted by atomic mass is 9.97. The summed E-state index contributed by atoms with van der Waals surface area (Å²) in [7, 11) is 0. The molecule has 2 aromatic rings. The predicted molar refractivity (Wildman–Crippen MR) is 72.6 cm³/mol. The van der Waals surface area contributed by atoms with Crippen LogP contribution in [0.25, 0.3) is 0 Å². The summed E-state index contributed by atoms with van der Waals surface area (Å²) in [5, 5.41) is 2.60. The summed E-state index contributed by atoms with van der Waals surface area (Å²) in [6.07, 6.45) is 0. The number of para-hydroxylation sites is 1. The molecular weight excluding hydrogens is 275 g/mol. The van der Waals surface area contributed by atoms with E-state index in [9.17, 15) is 0 Å². The van der Waals surface area contributed by atoms with E-state index in [1.807, 2.05) is 29.6 Å². The van der Waals surface area contributed by atoms with E-state index in [-0.39, 0.29) is 11.3 Å². The second-order valence-corrected chi connectivity index (χ2v) is 5.81. The Morgan fingerprint density at radius 1 is 1.29 bits per heavy atom. The van der Waals surface area contributed by atoms with Gasteiger partial charge in [0.2, 0.25) is 0 Å². The fourth-order valence-corrected chi connectivity index (χ4v) is 3.87. The molecule has 17 heavy (non-hydrogen) atoms. The molecule has 2 heterocycles. The number of ether oxygens (including phenoxy) is 1. The molecule has 0 fully saturated rings. The first-order valence-corrected chi connectivity index (χ1v) is 7.05. The first kappa shape index (κ1) is 11.4. The third-order valence-electron chi connectivity index (χ3n) is 2.99. The van der Waals surface area contributed by atoms with Crippen LogP contribution in [0.1, 0.15) is 21.7 Å². The van der Waals surface area contributed by atoms with Crippen molar-refractivity contribution >= 4 is 34.5 Å². The third-order valence-corrected chi connectivity index (χ3v) is 5.08. The van der Waals surface area contributed by atoms with Crippen molar-refractivity contribution in [3.05, 3.63) is 51.2 Å².